The third-order valence-electron chi connectivity index (χ3n) is 3.73. The quantitative estimate of drug-likeness (QED) is 0.372. The Labute approximate surface area is 161 Å². The summed E-state index contributed by atoms with van der Waals surface area (Å²) < 4.78 is 10.4. The lowest BCUT2D eigenvalue weighted by molar-refractivity contribution is -0.123. The molecule has 0 aromatic heterocycles. The zero-order valence-electron chi connectivity index (χ0n) is 16.9. The number of methoxy groups -OCH3 is 1. The average molecular weight is 377 g/mol. The summed E-state index contributed by atoms with van der Waals surface area (Å²) in [5, 5.41) is 6.68. The Balaban J connectivity index is 2.33. The van der Waals surface area contributed by atoms with Crippen LogP contribution in [0, 0.1) is 0 Å². The molecule has 0 unspecified atom stereocenters. The molecular weight excluding hydrogens is 346 g/mol. The highest BCUT2D eigenvalue weighted by Gasteiger charge is 2.13. The van der Waals surface area contributed by atoms with Crippen molar-refractivity contribution in [3.63, 3.8) is 0 Å². The molecule has 0 aliphatic carbocycles. The standard InChI is InChI=1S/C20H31N3O4/c1-15(13-18(24)21-11-6-12-26-5)22-23-19(25)14-27-17-9-7-16(8-10-17)20(2,3)4/h7-10H,6,11-14H2,1-5H3,(H,21,24)(H,23,25)/b22-15+. The van der Waals surface area contributed by atoms with Gasteiger partial charge >= 0.3 is 0 Å². The van der Waals surface area contributed by atoms with E-state index >= 15 is 0 Å². The molecule has 0 bridgehead atoms. The number of benzene rings is 1. The zero-order chi connectivity index (χ0) is 20.3. The molecule has 7 nitrogen and oxygen atoms in total. The Morgan fingerprint density at radius 1 is 1.11 bits per heavy atom. The third kappa shape index (κ3) is 9.75. The van der Waals surface area contributed by atoms with Gasteiger partial charge in [0.1, 0.15) is 5.75 Å². The van der Waals surface area contributed by atoms with Gasteiger partial charge in [-0.05, 0) is 36.5 Å². The summed E-state index contributed by atoms with van der Waals surface area (Å²) in [6.07, 6.45) is 0.881. The molecule has 0 saturated carbocycles. The molecule has 0 atom stereocenters. The van der Waals surface area contributed by atoms with Crippen LogP contribution < -0.4 is 15.5 Å². The van der Waals surface area contributed by atoms with Gasteiger partial charge < -0.3 is 14.8 Å². The lowest BCUT2D eigenvalue weighted by atomic mass is 9.87. The molecule has 150 valence electrons. The normalized spacial score (nSPS) is 11.8. The number of amides is 2. The van der Waals surface area contributed by atoms with E-state index in [9.17, 15) is 9.59 Å². The number of nitrogens with zero attached hydrogens (tertiary/aromatic N) is 1. The minimum atomic E-state index is -0.380. The summed E-state index contributed by atoms with van der Waals surface area (Å²) in [7, 11) is 1.62. The maximum Gasteiger partial charge on any atom is 0.277 e. The summed E-state index contributed by atoms with van der Waals surface area (Å²) in [6, 6.07) is 7.66. The molecule has 2 amide bonds. The predicted octanol–water partition coefficient (Wildman–Crippen LogP) is 2.40. The van der Waals surface area contributed by atoms with Gasteiger partial charge in [0, 0.05) is 26.0 Å². The van der Waals surface area contributed by atoms with Gasteiger partial charge in [-0.3, -0.25) is 9.59 Å². The molecule has 0 fully saturated rings. The second-order valence-corrected chi connectivity index (χ2v) is 7.32. The van der Waals surface area contributed by atoms with Gasteiger partial charge in [-0.2, -0.15) is 5.10 Å². The second-order valence-electron chi connectivity index (χ2n) is 7.32. The van der Waals surface area contributed by atoms with Gasteiger partial charge in [0.15, 0.2) is 6.61 Å². The predicted molar refractivity (Wildman–Crippen MR) is 106 cm³/mol. The first kappa shape index (κ1) is 22.6. The number of hydrogen-bond acceptors (Lipinski definition) is 5. The average Bonchev–Trinajstić information content (AvgIpc) is 2.61. The number of hydrazone groups is 1. The second kappa shape index (κ2) is 11.3. The van der Waals surface area contributed by atoms with Crippen LogP contribution in [0.3, 0.4) is 0 Å². The fourth-order valence-corrected chi connectivity index (χ4v) is 2.17. The molecule has 0 saturated heterocycles. The highest BCUT2D eigenvalue weighted by Crippen LogP contribution is 2.24. The highest BCUT2D eigenvalue weighted by atomic mass is 16.5. The molecule has 27 heavy (non-hydrogen) atoms. The van der Waals surface area contributed by atoms with Crippen molar-refractivity contribution in [2.45, 2.75) is 46.0 Å². The Bertz CT molecular complexity index is 634. The van der Waals surface area contributed by atoms with Crippen molar-refractivity contribution in [1.29, 1.82) is 0 Å². The number of rotatable bonds is 10. The van der Waals surface area contributed by atoms with Crippen LogP contribution >= 0.6 is 0 Å². The van der Waals surface area contributed by atoms with Crippen LogP contribution in [0.1, 0.15) is 46.1 Å². The topological polar surface area (TPSA) is 89.0 Å². The summed E-state index contributed by atoms with van der Waals surface area (Å²) >= 11 is 0. The molecule has 2 N–H and O–H groups in total. The molecule has 0 aliphatic rings. The van der Waals surface area contributed by atoms with E-state index in [1.807, 2.05) is 24.3 Å². The Morgan fingerprint density at radius 3 is 2.37 bits per heavy atom. The van der Waals surface area contributed by atoms with E-state index in [4.69, 9.17) is 9.47 Å². The summed E-state index contributed by atoms with van der Waals surface area (Å²) in [5.41, 5.74) is 4.17. The van der Waals surface area contributed by atoms with Crippen molar-refractivity contribution in [2.24, 2.45) is 5.10 Å². The zero-order valence-corrected chi connectivity index (χ0v) is 16.9. The molecular formula is C20H31N3O4. The maximum atomic E-state index is 11.8. The van der Waals surface area contributed by atoms with E-state index in [0.29, 0.717) is 24.6 Å². The van der Waals surface area contributed by atoms with Crippen molar-refractivity contribution in [2.75, 3.05) is 26.9 Å². The molecule has 0 aliphatic heterocycles. The van der Waals surface area contributed by atoms with Gasteiger partial charge in [0.05, 0.1) is 6.42 Å². The smallest absolute Gasteiger partial charge is 0.277 e. The van der Waals surface area contributed by atoms with Gasteiger partial charge in [0.2, 0.25) is 5.91 Å². The number of hydrogen-bond donors (Lipinski definition) is 2. The van der Waals surface area contributed by atoms with E-state index in [-0.39, 0.29) is 30.3 Å². The van der Waals surface area contributed by atoms with Crippen molar-refractivity contribution in [3.05, 3.63) is 29.8 Å². The van der Waals surface area contributed by atoms with Crippen molar-refractivity contribution in [3.8, 4) is 5.75 Å². The van der Waals surface area contributed by atoms with E-state index in [1.165, 1.54) is 5.56 Å². The fraction of sp³-hybridized carbons (Fsp3) is 0.550. The Hall–Kier alpha value is -2.41. The number of ether oxygens (including phenoxy) is 2. The lowest BCUT2D eigenvalue weighted by Crippen LogP contribution is -2.29. The van der Waals surface area contributed by atoms with Gasteiger partial charge in [-0.25, -0.2) is 5.43 Å². The first-order valence-electron chi connectivity index (χ1n) is 9.03. The monoisotopic (exact) mass is 377 g/mol. The van der Waals surface area contributed by atoms with Crippen molar-refractivity contribution < 1.29 is 19.1 Å². The minimum Gasteiger partial charge on any atom is -0.484 e. The molecule has 0 spiro atoms. The van der Waals surface area contributed by atoms with E-state index in [2.05, 4.69) is 36.6 Å². The van der Waals surface area contributed by atoms with Crippen LogP contribution in [0.5, 0.6) is 5.75 Å². The lowest BCUT2D eigenvalue weighted by Gasteiger charge is -2.19. The molecule has 1 rings (SSSR count). The maximum absolute atomic E-state index is 11.8. The van der Waals surface area contributed by atoms with E-state index < -0.39 is 0 Å². The SMILES string of the molecule is COCCCNC(=O)C/C(C)=N/NC(=O)COc1ccc(C(C)(C)C)cc1. The molecule has 1 aromatic rings. The van der Waals surface area contributed by atoms with Crippen LogP contribution in [0.2, 0.25) is 0 Å². The molecule has 0 heterocycles. The van der Waals surface area contributed by atoms with Gasteiger partial charge in [0.25, 0.3) is 5.91 Å². The fourth-order valence-electron chi connectivity index (χ4n) is 2.17. The van der Waals surface area contributed by atoms with E-state index in [0.717, 1.165) is 6.42 Å². The van der Waals surface area contributed by atoms with E-state index in [1.54, 1.807) is 14.0 Å². The van der Waals surface area contributed by atoms with Crippen LogP contribution in [0.4, 0.5) is 0 Å². The van der Waals surface area contributed by atoms with Crippen molar-refractivity contribution >= 4 is 17.5 Å². The van der Waals surface area contributed by atoms with Gasteiger partial charge in [-0.15, -0.1) is 0 Å². The van der Waals surface area contributed by atoms with Crippen molar-refractivity contribution in [1.82, 2.24) is 10.7 Å². The molecule has 0 radical (unpaired) electrons. The largest absolute Gasteiger partial charge is 0.484 e. The summed E-state index contributed by atoms with van der Waals surface area (Å²) in [6.45, 7) is 9.09. The number of carbonyl (C=O) groups is 2. The Morgan fingerprint density at radius 2 is 1.78 bits per heavy atom. The third-order valence-corrected chi connectivity index (χ3v) is 3.73. The van der Waals surface area contributed by atoms with Gasteiger partial charge in [-0.1, -0.05) is 32.9 Å². The molecule has 1 aromatic carbocycles. The summed E-state index contributed by atoms with van der Waals surface area (Å²) in [5.74, 6) is 0.0980. The first-order chi connectivity index (χ1) is 12.7. The number of nitrogens with one attached hydrogen (secondary N) is 2. The first-order valence-corrected chi connectivity index (χ1v) is 9.03. The van der Waals surface area contributed by atoms with Crippen LogP contribution in [0.25, 0.3) is 0 Å². The number of carbonyl (C=O) groups excluding carboxylic acids is 2. The minimum absolute atomic E-state index is 0.0677. The van der Waals surface area contributed by atoms with Crippen LogP contribution in [0.15, 0.2) is 29.4 Å². The van der Waals surface area contributed by atoms with Crippen LogP contribution in [-0.4, -0.2) is 44.4 Å². The summed E-state index contributed by atoms with van der Waals surface area (Å²) in [4.78, 5) is 23.5. The van der Waals surface area contributed by atoms with Crippen LogP contribution in [-0.2, 0) is 19.7 Å². The highest BCUT2D eigenvalue weighted by molar-refractivity contribution is 6.00. The molecule has 7 heteroatoms. The Kier molecular flexibility index (Phi) is 9.50.